The highest BCUT2D eigenvalue weighted by Crippen LogP contribution is 2.19. The van der Waals surface area contributed by atoms with Gasteiger partial charge in [-0.15, -0.1) is 0 Å². The average molecular weight is 510 g/mol. The Kier molecular flexibility index (Phi) is 6.49. The maximum Gasteiger partial charge on any atom is 0.417 e. The van der Waals surface area contributed by atoms with Crippen molar-refractivity contribution in [3.8, 4) is 0 Å². The molecular formula is C24H20F2N6O5. The first-order valence-electron chi connectivity index (χ1n) is 11.2. The second-order valence-corrected chi connectivity index (χ2v) is 8.21. The molecule has 1 aliphatic rings. The Morgan fingerprint density at radius 2 is 2.08 bits per heavy atom. The van der Waals surface area contributed by atoms with Crippen LogP contribution in [0.2, 0.25) is 0 Å². The van der Waals surface area contributed by atoms with Gasteiger partial charge in [0.15, 0.2) is 11.2 Å². The summed E-state index contributed by atoms with van der Waals surface area (Å²) in [5, 5.41) is 9.59. The highest BCUT2D eigenvalue weighted by Gasteiger charge is 2.19. The highest BCUT2D eigenvalue weighted by molar-refractivity contribution is 5.98. The Bertz CT molecular complexity index is 1600. The number of carbonyl (C=O) groups is 2. The van der Waals surface area contributed by atoms with E-state index in [1.54, 1.807) is 30.3 Å². The van der Waals surface area contributed by atoms with Gasteiger partial charge in [-0.1, -0.05) is 12.1 Å². The van der Waals surface area contributed by atoms with E-state index in [4.69, 9.17) is 4.42 Å². The number of halogens is 2. The summed E-state index contributed by atoms with van der Waals surface area (Å²) in [6.45, 7) is -2.64. The number of H-pyrrole nitrogens is 1. The maximum atomic E-state index is 13.0. The number of fused-ring (bicyclic) bond motifs is 2. The van der Waals surface area contributed by atoms with E-state index in [-0.39, 0.29) is 36.2 Å². The number of allylic oxidation sites excluding steroid dienone is 2. The molecule has 2 amide bonds. The third-order valence-electron chi connectivity index (χ3n) is 5.63. The van der Waals surface area contributed by atoms with Crippen LogP contribution in [0, 0.1) is 5.92 Å². The SMILES string of the molecule is O=C(NCc1ccc2oc(=O)[nH]c2c1)c1cc(C(=O)NCC2C=C(OC(F)F)C=CC2)n2nccc2n1. The second-order valence-electron chi connectivity index (χ2n) is 8.21. The zero-order valence-corrected chi connectivity index (χ0v) is 19.1. The first-order chi connectivity index (χ1) is 17.9. The lowest BCUT2D eigenvalue weighted by atomic mass is 10.00. The van der Waals surface area contributed by atoms with Crippen LogP contribution >= 0.6 is 0 Å². The van der Waals surface area contributed by atoms with E-state index in [1.807, 2.05) is 0 Å². The van der Waals surface area contributed by atoms with Crippen LogP contribution in [0.5, 0.6) is 0 Å². The number of ether oxygens (including phenoxy) is 1. The van der Waals surface area contributed by atoms with Crippen LogP contribution in [0.3, 0.4) is 0 Å². The van der Waals surface area contributed by atoms with Gasteiger partial charge in [0.25, 0.3) is 11.8 Å². The molecule has 37 heavy (non-hydrogen) atoms. The Hall–Kier alpha value is -4.81. The normalized spacial score (nSPS) is 15.2. The van der Waals surface area contributed by atoms with Crippen LogP contribution < -0.4 is 16.4 Å². The number of oxazole rings is 1. The minimum atomic E-state index is -2.93. The smallest absolute Gasteiger partial charge is 0.417 e. The van der Waals surface area contributed by atoms with Crippen molar-refractivity contribution in [1.82, 2.24) is 30.2 Å². The van der Waals surface area contributed by atoms with Gasteiger partial charge in [-0.05, 0) is 36.3 Å². The van der Waals surface area contributed by atoms with Crippen molar-refractivity contribution in [3.05, 3.63) is 88.0 Å². The van der Waals surface area contributed by atoms with Crippen molar-refractivity contribution in [1.29, 1.82) is 0 Å². The molecule has 3 heterocycles. The van der Waals surface area contributed by atoms with Crippen LogP contribution in [0.4, 0.5) is 8.78 Å². The lowest BCUT2D eigenvalue weighted by Crippen LogP contribution is -2.32. The highest BCUT2D eigenvalue weighted by atomic mass is 19.3. The van der Waals surface area contributed by atoms with Crippen molar-refractivity contribution in [2.24, 2.45) is 5.92 Å². The molecule has 1 atom stereocenters. The van der Waals surface area contributed by atoms with Crippen LogP contribution in [-0.4, -0.2) is 44.6 Å². The van der Waals surface area contributed by atoms with Gasteiger partial charge < -0.3 is 19.8 Å². The van der Waals surface area contributed by atoms with Crippen LogP contribution in [-0.2, 0) is 11.3 Å². The molecule has 0 bridgehead atoms. The lowest BCUT2D eigenvalue weighted by Gasteiger charge is -2.17. The number of carbonyl (C=O) groups excluding carboxylic acids is 2. The summed E-state index contributed by atoms with van der Waals surface area (Å²) in [5.74, 6) is -1.82. The van der Waals surface area contributed by atoms with E-state index >= 15 is 0 Å². The zero-order chi connectivity index (χ0) is 25.9. The quantitative estimate of drug-likeness (QED) is 0.330. The molecular weight excluding hydrogens is 490 g/mol. The number of alkyl halides is 2. The largest absolute Gasteiger partial charge is 0.435 e. The predicted octanol–water partition coefficient (Wildman–Crippen LogP) is 2.52. The topological polar surface area (TPSA) is 144 Å². The number of rotatable bonds is 8. The molecule has 13 heteroatoms. The number of nitrogens with one attached hydrogen (secondary N) is 3. The minimum absolute atomic E-state index is 0.00376. The van der Waals surface area contributed by atoms with Gasteiger partial charge in [-0.3, -0.25) is 14.6 Å². The first kappa shape index (κ1) is 23.9. The molecule has 1 unspecified atom stereocenters. The van der Waals surface area contributed by atoms with E-state index in [0.717, 1.165) is 0 Å². The number of nitrogens with zero attached hydrogens (tertiary/aromatic N) is 3. The van der Waals surface area contributed by atoms with E-state index < -0.39 is 24.2 Å². The zero-order valence-electron chi connectivity index (χ0n) is 19.1. The third-order valence-corrected chi connectivity index (χ3v) is 5.63. The standard InChI is InChI=1S/C24H20F2N6O5/c25-23(26)36-15-3-1-2-13(8-15)11-28-22(34)18-10-17(30-20-6-7-29-32(18)20)21(33)27-12-14-4-5-19-16(9-14)31-24(35)37-19/h1,3-10,13,23H,2,11-12H2,(H,27,33)(H,28,34)(H,31,35). The molecule has 0 radical (unpaired) electrons. The Labute approximate surface area is 206 Å². The number of amides is 2. The second kappa shape index (κ2) is 10.0. The average Bonchev–Trinajstić information content (AvgIpc) is 3.50. The maximum absolute atomic E-state index is 13.0. The fourth-order valence-electron chi connectivity index (χ4n) is 3.93. The Morgan fingerprint density at radius 3 is 2.92 bits per heavy atom. The Morgan fingerprint density at radius 1 is 1.22 bits per heavy atom. The summed E-state index contributed by atoms with van der Waals surface area (Å²) >= 11 is 0. The van der Waals surface area contributed by atoms with Crippen molar-refractivity contribution in [3.63, 3.8) is 0 Å². The molecule has 190 valence electrons. The van der Waals surface area contributed by atoms with Crippen molar-refractivity contribution in [2.45, 2.75) is 19.6 Å². The number of benzene rings is 1. The van der Waals surface area contributed by atoms with Gasteiger partial charge >= 0.3 is 12.4 Å². The van der Waals surface area contributed by atoms with E-state index in [1.165, 1.54) is 28.9 Å². The van der Waals surface area contributed by atoms with Gasteiger partial charge in [0.2, 0.25) is 0 Å². The lowest BCUT2D eigenvalue weighted by molar-refractivity contribution is -0.0928. The molecule has 0 saturated heterocycles. The molecule has 4 aromatic rings. The number of aromatic amines is 1. The number of aromatic nitrogens is 4. The van der Waals surface area contributed by atoms with Gasteiger partial charge in [0.05, 0.1) is 11.7 Å². The van der Waals surface area contributed by atoms with Crippen LogP contribution in [0.15, 0.2) is 69.7 Å². The van der Waals surface area contributed by atoms with Gasteiger partial charge in [-0.2, -0.15) is 13.9 Å². The summed E-state index contributed by atoms with van der Waals surface area (Å²) in [6, 6.07) is 7.88. The molecule has 3 N–H and O–H groups in total. The molecule has 0 aliphatic heterocycles. The summed E-state index contributed by atoms with van der Waals surface area (Å²) in [7, 11) is 0. The third kappa shape index (κ3) is 5.39. The monoisotopic (exact) mass is 510 g/mol. The molecule has 5 rings (SSSR count). The minimum Gasteiger partial charge on any atom is -0.435 e. The summed E-state index contributed by atoms with van der Waals surface area (Å²) < 4.78 is 35.7. The fraction of sp³-hybridized carbons (Fsp3) is 0.208. The van der Waals surface area contributed by atoms with Crippen molar-refractivity contribution in [2.75, 3.05) is 6.54 Å². The first-order valence-corrected chi connectivity index (χ1v) is 11.2. The van der Waals surface area contributed by atoms with Crippen LogP contribution in [0.25, 0.3) is 16.7 Å². The molecule has 1 aliphatic carbocycles. The van der Waals surface area contributed by atoms with Gasteiger partial charge in [0.1, 0.15) is 17.1 Å². The predicted molar refractivity (Wildman–Crippen MR) is 126 cm³/mol. The molecule has 0 saturated carbocycles. The Balaban J connectivity index is 1.28. The molecule has 0 spiro atoms. The van der Waals surface area contributed by atoms with Crippen molar-refractivity contribution < 1.29 is 27.5 Å². The van der Waals surface area contributed by atoms with E-state index in [2.05, 4.69) is 30.4 Å². The number of hydrogen-bond acceptors (Lipinski definition) is 7. The molecule has 1 aromatic carbocycles. The van der Waals surface area contributed by atoms with Gasteiger partial charge in [-0.25, -0.2) is 14.3 Å². The summed E-state index contributed by atoms with van der Waals surface area (Å²) in [5.41, 5.74) is 2.00. The van der Waals surface area contributed by atoms with Crippen molar-refractivity contribution >= 4 is 28.6 Å². The van der Waals surface area contributed by atoms with Gasteiger partial charge in [0, 0.05) is 31.1 Å². The van der Waals surface area contributed by atoms with Crippen LogP contribution in [0.1, 0.15) is 33.0 Å². The summed E-state index contributed by atoms with van der Waals surface area (Å²) in [4.78, 5) is 44.0. The number of hydrogen-bond donors (Lipinski definition) is 3. The van der Waals surface area contributed by atoms with E-state index in [9.17, 15) is 23.2 Å². The fourth-order valence-corrected chi connectivity index (χ4v) is 3.93. The molecule has 3 aromatic heterocycles. The molecule has 0 fully saturated rings. The molecule has 11 nitrogen and oxygen atoms in total. The van der Waals surface area contributed by atoms with E-state index in [0.29, 0.717) is 28.7 Å². The summed E-state index contributed by atoms with van der Waals surface area (Å²) in [6.07, 6.45) is 6.66.